The maximum atomic E-state index is 12.2. The van der Waals surface area contributed by atoms with Crippen LogP contribution in [0.5, 0.6) is 5.75 Å². The molecule has 0 heterocycles. The van der Waals surface area contributed by atoms with E-state index in [-0.39, 0.29) is 17.5 Å². The molecule has 0 aromatic heterocycles. The van der Waals surface area contributed by atoms with Crippen molar-refractivity contribution < 1.29 is 18.3 Å². The molecule has 0 spiro atoms. The number of sulfonamides is 1. The van der Waals surface area contributed by atoms with Crippen molar-refractivity contribution in [1.29, 1.82) is 0 Å². The van der Waals surface area contributed by atoms with Crippen molar-refractivity contribution in [2.24, 2.45) is 0 Å². The highest BCUT2D eigenvalue weighted by Crippen LogP contribution is 2.22. The van der Waals surface area contributed by atoms with Gasteiger partial charge < -0.3 is 9.84 Å². The molecule has 1 atom stereocenters. The number of aliphatic hydroxyl groups is 1. The summed E-state index contributed by atoms with van der Waals surface area (Å²) in [7, 11) is -2.10. The zero-order chi connectivity index (χ0) is 15.2. The summed E-state index contributed by atoms with van der Waals surface area (Å²) < 4.78 is 32.1. The predicted molar refractivity (Wildman–Crippen MR) is 81.7 cm³/mol. The smallest absolute Gasteiger partial charge is 0.240 e. The molecular formula is C13H21NO4S2. The summed E-state index contributed by atoms with van der Waals surface area (Å²) in [5.41, 5.74) is 0.450. The highest BCUT2D eigenvalue weighted by Gasteiger charge is 2.18. The van der Waals surface area contributed by atoms with Crippen LogP contribution in [0.25, 0.3) is 0 Å². The Morgan fingerprint density at radius 3 is 2.70 bits per heavy atom. The zero-order valence-electron chi connectivity index (χ0n) is 11.9. The fourth-order valence-electron chi connectivity index (χ4n) is 1.71. The van der Waals surface area contributed by atoms with Crippen molar-refractivity contribution in [3.8, 4) is 5.75 Å². The van der Waals surface area contributed by atoms with E-state index in [2.05, 4.69) is 4.72 Å². The maximum absolute atomic E-state index is 12.2. The quantitative estimate of drug-likeness (QED) is 0.761. The lowest BCUT2D eigenvalue weighted by Crippen LogP contribution is -2.34. The van der Waals surface area contributed by atoms with E-state index < -0.39 is 10.0 Å². The van der Waals surface area contributed by atoms with Crippen molar-refractivity contribution in [3.05, 3.63) is 23.8 Å². The van der Waals surface area contributed by atoms with Gasteiger partial charge in [-0.15, -0.1) is 0 Å². The number of methoxy groups -OCH3 is 1. The third-order valence-corrected chi connectivity index (χ3v) is 5.39. The van der Waals surface area contributed by atoms with E-state index in [1.807, 2.05) is 13.8 Å². The number of rotatable bonds is 8. The van der Waals surface area contributed by atoms with Crippen LogP contribution in [0, 0.1) is 0 Å². The molecule has 0 aliphatic heterocycles. The lowest BCUT2D eigenvalue weighted by Gasteiger charge is -2.15. The van der Waals surface area contributed by atoms with E-state index in [0.717, 1.165) is 11.5 Å². The molecule has 0 fully saturated rings. The molecule has 2 N–H and O–H groups in total. The van der Waals surface area contributed by atoms with E-state index >= 15 is 0 Å². The highest BCUT2D eigenvalue weighted by molar-refractivity contribution is 7.99. The molecule has 20 heavy (non-hydrogen) atoms. The Kier molecular flexibility index (Phi) is 6.81. The zero-order valence-corrected chi connectivity index (χ0v) is 13.6. The predicted octanol–water partition coefficient (Wildman–Crippen LogP) is 1.61. The van der Waals surface area contributed by atoms with E-state index in [4.69, 9.17) is 4.74 Å². The molecule has 0 amide bonds. The van der Waals surface area contributed by atoms with E-state index in [0.29, 0.717) is 11.3 Å². The topological polar surface area (TPSA) is 75.6 Å². The summed E-state index contributed by atoms with van der Waals surface area (Å²) in [6.07, 6.45) is 0. The second kappa shape index (κ2) is 7.87. The van der Waals surface area contributed by atoms with Gasteiger partial charge in [0, 0.05) is 17.4 Å². The summed E-state index contributed by atoms with van der Waals surface area (Å²) in [6.45, 7) is 3.59. The van der Waals surface area contributed by atoms with Crippen molar-refractivity contribution in [1.82, 2.24) is 4.72 Å². The van der Waals surface area contributed by atoms with Crippen molar-refractivity contribution >= 4 is 21.8 Å². The molecule has 0 aliphatic rings. The molecule has 0 radical (unpaired) electrons. The Hall–Kier alpha value is -0.760. The fraction of sp³-hybridized carbons (Fsp3) is 0.538. The molecule has 1 aromatic carbocycles. The minimum atomic E-state index is -3.58. The number of thioether (sulfide) groups is 1. The van der Waals surface area contributed by atoms with Gasteiger partial charge in [0.2, 0.25) is 10.0 Å². The van der Waals surface area contributed by atoms with Crippen LogP contribution in [-0.4, -0.2) is 38.2 Å². The number of aliphatic hydroxyl groups excluding tert-OH is 1. The van der Waals surface area contributed by atoms with Gasteiger partial charge in [0.15, 0.2) is 0 Å². The van der Waals surface area contributed by atoms with Gasteiger partial charge >= 0.3 is 0 Å². The van der Waals surface area contributed by atoms with Gasteiger partial charge in [0.25, 0.3) is 0 Å². The van der Waals surface area contributed by atoms with Gasteiger partial charge in [-0.2, -0.15) is 11.8 Å². The average molecular weight is 319 g/mol. The molecule has 0 saturated heterocycles. The van der Waals surface area contributed by atoms with Crippen LogP contribution in [0.3, 0.4) is 0 Å². The lowest BCUT2D eigenvalue weighted by atomic mass is 10.2. The lowest BCUT2D eigenvalue weighted by molar-refractivity contribution is 0.273. The fourth-order valence-corrected chi connectivity index (χ4v) is 3.78. The number of hydrogen-bond acceptors (Lipinski definition) is 5. The SMILES string of the molecule is CCSCC(C)NS(=O)(=O)c1ccc(OC)c(CO)c1. The monoisotopic (exact) mass is 319 g/mol. The summed E-state index contributed by atoms with van der Waals surface area (Å²) in [5.74, 6) is 2.14. The highest BCUT2D eigenvalue weighted by atomic mass is 32.2. The van der Waals surface area contributed by atoms with Crippen LogP contribution in [0.2, 0.25) is 0 Å². The third-order valence-electron chi connectivity index (χ3n) is 2.66. The van der Waals surface area contributed by atoms with Gasteiger partial charge in [0.05, 0.1) is 18.6 Å². The number of ether oxygens (including phenoxy) is 1. The van der Waals surface area contributed by atoms with Gasteiger partial charge in [0.1, 0.15) is 5.75 Å². The summed E-state index contributed by atoms with van der Waals surface area (Å²) in [4.78, 5) is 0.135. The molecule has 5 nitrogen and oxygen atoms in total. The van der Waals surface area contributed by atoms with Crippen LogP contribution < -0.4 is 9.46 Å². The molecule has 0 bridgehead atoms. The van der Waals surface area contributed by atoms with Gasteiger partial charge in [-0.1, -0.05) is 6.92 Å². The second-order valence-electron chi connectivity index (χ2n) is 4.31. The number of benzene rings is 1. The summed E-state index contributed by atoms with van der Waals surface area (Å²) in [6, 6.07) is 4.30. The normalized spacial score (nSPS) is 13.2. The standard InChI is InChI=1S/C13H21NO4S2/c1-4-19-9-10(2)14-20(16,17)12-5-6-13(18-3)11(7-12)8-15/h5-7,10,14-15H,4,8-9H2,1-3H3. The molecule has 0 saturated carbocycles. The molecule has 1 rings (SSSR count). The third kappa shape index (κ3) is 4.66. The Morgan fingerprint density at radius 2 is 2.15 bits per heavy atom. The van der Waals surface area contributed by atoms with Gasteiger partial charge in [-0.05, 0) is 30.9 Å². The van der Waals surface area contributed by atoms with E-state index in [1.54, 1.807) is 17.8 Å². The maximum Gasteiger partial charge on any atom is 0.240 e. The van der Waals surface area contributed by atoms with Gasteiger partial charge in [-0.3, -0.25) is 0 Å². The Labute approximate surface area is 124 Å². The van der Waals surface area contributed by atoms with Crippen LogP contribution in [-0.2, 0) is 16.6 Å². The second-order valence-corrected chi connectivity index (χ2v) is 7.35. The Balaban J connectivity index is 2.92. The average Bonchev–Trinajstić information content (AvgIpc) is 2.43. The summed E-state index contributed by atoms with van der Waals surface area (Å²) in [5, 5.41) is 9.24. The molecular weight excluding hydrogens is 298 g/mol. The first-order valence-electron chi connectivity index (χ1n) is 6.32. The Morgan fingerprint density at radius 1 is 1.45 bits per heavy atom. The molecule has 0 aliphatic carbocycles. The van der Waals surface area contributed by atoms with Crippen LogP contribution >= 0.6 is 11.8 Å². The van der Waals surface area contributed by atoms with Gasteiger partial charge in [-0.25, -0.2) is 13.1 Å². The Bertz CT molecular complexity index is 531. The molecule has 1 aromatic rings. The number of hydrogen-bond donors (Lipinski definition) is 2. The van der Waals surface area contributed by atoms with Crippen LogP contribution in [0.4, 0.5) is 0 Å². The van der Waals surface area contributed by atoms with E-state index in [1.165, 1.54) is 19.2 Å². The van der Waals surface area contributed by atoms with Crippen molar-refractivity contribution in [2.45, 2.75) is 31.4 Å². The first-order chi connectivity index (χ1) is 9.44. The van der Waals surface area contributed by atoms with Crippen LogP contribution in [0.1, 0.15) is 19.4 Å². The van der Waals surface area contributed by atoms with E-state index in [9.17, 15) is 13.5 Å². The summed E-state index contributed by atoms with van der Waals surface area (Å²) >= 11 is 1.68. The minimum absolute atomic E-state index is 0.135. The first-order valence-corrected chi connectivity index (χ1v) is 8.96. The first kappa shape index (κ1) is 17.3. The van der Waals surface area contributed by atoms with Crippen LogP contribution in [0.15, 0.2) is 23.1 Å². The largest absolute Gasteiger partial charge is 0.496 e. The molecule has 7 heteroatoms. The van der Waals surface area contributed by atoms with Crippen molar-refractivity contribution in [3.63, 3.8) is 0 Å². The molecule has 1 unspecified atom stereocenters. The minimum Gasteiger partial charge on any atom is -0.496 e. The van der Waals surface area contributed by atoms with Crippen molar-refractivity contribution in [2.75, 3.05) is 18.6 Å². The number of nitrogens with one attached hydrogen (secondary N) is 1. The molecule has 114 valence electrons.